The number of esters is 2. The molecule has 15 nitrogen and oxygen atoms in total. The quantitative estimate of drug-likeness (QED) is 0.0165. The zero-order chi connectivity index (χ0) is 50.2. The molecule has 0 fully saturated rings. The summed E-state index contributed by atoms with van der Waals surface area (Å²) < 4.78 is 53.1. The summed E-state index contributed by atoms with van der Waals surface area (Å²) in [4.78, 5) is 43.8. The van der Waals surface area contributed by atoms with Gasteiger partial charge < -0.3 is 34.6 Å². The molecule has 0 saturated carbocycles. The van der Waals surface area contributed by atoms with Crippen molar-refractivity contribution < 1.29 is 71.4 Å². The van der Waals surface area contributed by atoms with E-state index in [1.165, 1.54) is 116 Å². The van der Waals surface area contributed by atoms with Crippen LogP contribution in [0.2, 0.25) is 0 Å². The zero-order valence-electron chi connectivity index (χ0n) is 42.3. The second-order valence-electron chi connectivity index (χ2n) is 17.9. The molecule has 5 N–H and O–H groups in total. The van der Waals surface area contributed by atoms with Gasteiger partial charge in [0.05, 0.1) is 26.4 Å². The lowest BCUT2D eigenvalue weighted by molar-refractivity contribution is -0.148. The molecule has 400 valence electrons. The number of hydrogen-bond donors (Lipinski definition) is 5. The lowest BCUT2D eigenvalue weighted by Gasteiger charge is -2.19. The van der Waals surface area contributed by atoms with E-state index in [2.05, 4.69) is 63.9 Å². The van der Waals surface area contributed by atoms with E-state index in [9.17, 15) is 43.8 Å². The Labute approximate surface area is 411 Å². The Kier molecular flexibility index (Phi) is 46.4. The summed E-state index contributed by atoms with van der Waals surface area (Å²) in [5.41, 5.74) is 0. The molecule has 0 heterocycles. The number of unbranched alkanes of at least 4 members (excludes halogenated alkanes) is 25. The topological polar surface area (TPSA) is 225 Å². The largest absolute Gasteiger partial charge is 0.472 e. The fourth-order valence-corrected chi connectivity index (χ4v) is 8.53. The van der Waals surface area contributed by atoms with Crippen molar-refractivity contribution in [2.75, 3.05) is 39.6 Å². The van der Waals surface area contributed by atoms with E-state index >= 15 is 0 Å². The molecule has 68 heavy (non-hydrogen) atoms. The minimum atomic E-state index is -4.79. The van der Waals surface area contributed by atoms with Gasteiger partial charge in [0, 0.05) is 12.8 Å². The normalized spacial score (nSPS) is 15.2. The van der Waals surface area contributed by atoms with E-state index < -0.39 is 85.5 Å². The molecule has 0 aromatic rings. The van der Waals surface area contributed by atoms with E-state index in [1.807, 2.05) is 0 Å². The molecule has 0 spiro atoms. The third kappa shape index (κ3) is 49.2. The molecule has 0 aliphatic heterocycles. The Hall–Kier alpha value is -1.74. The second kappa shape index (κ2) is 47.6. The minimum Gasteiger partial charge on any atom is -0.463 e. The van der Waals surface area contributed by atoms with E-state index in [4.69, 9.17) is 14.0 Å². The van der Waals surface area contributed by atoms with E-state index in [1.54, 1.807) is 0 Å². The molecule has 0 aromatic heterocycles. The number of carbonyl (C=O) groups is 2. The SMILES string of the molecule is CCCCC/C=C\C/C=C\CCCCCCCCCCCCCC(=O)OCC(O)COP(=O)(O)OCC(O)COP(=O)(O)OCC(O)COC(=O)CCCCCCCCC/C=C\CCCCCC. The highest BCUT2D eigenvalue weighted by Gasteiger charge is 2.28. The van der Waals surface area contributed by atoms with E-state index in [0.29, 0.717) is 12.8 Å². The monoisotopic (exact) mass is 1010 g/mol. The van der Waals surface area contributed by atoms with Crippen molar-refractivity contribution in [2.24, 2.45) is 0 Å². The first kappa shape index (κ1) is 66.3. The Bertz CT molecular complexity index is 1360. The zero-order valence-corrected chi connectivity index (χ0v) is 44.1. The first-order chi connectivity index (χ1) is 32.8. The molecule has 0 aromatic carbocycles. The van der Waals surface area contributed by atoms with Crippen molar-refractivity contribution >= 4 is 27.6 Å². The number of aliphatic hydroxyl groups excluding tert-OH is 3. The minimum absolute atomic E-state index is 0.193. The number of hydrogen-bond acceptors (Lipinski definition) is 13. The lowest BCUT2D eigenvalue weighted by atomic mass is 10.0. The lowest BCUT2D eigenvalue weighted by Crippen LogP contribution is -2.25. The Morgan fingerprint density at radius 3 is 0.971 bits per heavy atom. The van der Waals surface area contributed by atoms with Crippen LogP contribution in [0.25, 0.3) is 0 Å². The van der Waals surface area contributed by atoms with Crippen LogP contribution in [0.3, 0.4) is 0 Å². The first-order valence-electron chi connectivity index (χ1n) is 26.3. The van der Waals surface area contributed by atoms with Gasteiger partial charge in [0.25, 0.3) is 0 Å². The Morgan fingerprint density at radius 1 is 0.382 bits per heavy atom. The predicted octanol–water partition coefficient (Wildman–Crippen LogP) is 12.6. The number of aliphatic hydroxyl groups is 3. The maximum absolute atomic E-state index is 12.2. The molecule has 0 amide bonds. The van der Waals surface area contributed by atoms with Gasteiger partial charge in [-0.3, -0.25) is 27.7 Å². The summed E-state index contributed by atoms with van der Waals surface area (Å²) in [7, 11) is -9.57. The average Bonchev–Trinajstić information content (AvgIpc) is 3.31. The van der Waals surface area contributed by atoms with Crippen LogP contribution in [0.15, 0.2) is 36.5 Å². The van der Waals surface area contributed by atoms with Crippen molar-refractivity contribution in [2.45, 2.75) is 238 Å². The number of phosphoric acid groups is 2. The van der Waals surface area contributed by atoms with Crippen LogP contribution in [-0.2, 0) is 46.3 Å². The smallest absolute Gasteiger partial charge is 0.463 e. The summed E-state index contributed by atoms with van der Waals surface area (Å²) in [6, 6.07) is 0. The number of phosphoric ester groups is 2. The highest BCUT2D eigenvalue weighted by molar-refractivity contribution is 7.47. The molecule has 0 saturated heterocycles. The molecule has 0 aliphatic carbocycles. The number of ether oxygens (including phenoxy) is 2. The molecule has 5 unspecified atom stereocenters. The molecule has 17 heteroatoms. The fourth-order valence-electron chi connectivity index (χ4n) is 6.94. The van der Waals surface area contributed by atoms with Gasteiger partial charge in [-0.2, -0.15) is 0 Å². The Morgan fingerprint density at radius 2 is 0.632 bits per heavy atom. The number of allylic oxidation sites excluding steroid dienone is 6. The fraction of sp³-hybridized carbons (Fsp3) is 0.843. The molecular weight excluding hydrogens is 914 g/mol. The van der Waals surface area contributed by atoms with Crippen LogP contribution in [0.5, 0.6) is 0 Å². The third-order valence-corrected chi connectivity index (χ3v) is 13.0. The van der Waals surface area contributed by atoms with Gasteiger partial charge >= 0.3 is 27.6 Å². The van der Waals surface area contributed by atoms with Gasteiger partial charge in [0.1, 0.15) is 31.5 Å². The second-order valence-corrected chi connectivity index (χ2v) is 20.8. The highest BCUT2D eigenvalue weighted by atomic mass is 31.2. The molecule has 0 bridgehead atoms. The molecule has 0 radical (unpaired) electrons. The van der Waals surface area contributed by atoms with Gasteiger partial charge in [-0.05, 0) is 70.6 Å². The summed E-state index contributed by atoms with van der Waals surface area (Å²) in [6.07, 6.45) is 44.1. The number of carbonyl (C=O) groups excluding carboxylic acids is 2. The molecular formula is C51H96O15P2. The molecule has 0 aliphatic rings. The standard InChI is InChI=1S/C51H96O15P2/c1-3-5-7-9-11-13-15-17-19-20-21-22-23-24-26-28-30-32-34-36-38-40-51(56)62-42-48(53)44-64-68(59,60)66-46-49(54)45-65-67(57,58)63-43-47(52)41-61-50(55)39-37-35-33-31-29-27-25-18-16-14-12-10-8-6-4-2/h11,13-14,16-17,19,47-49,52-54H,3-10,12,15,18,20-46H2,1-2H3,(H,57,58)(H,59,60)/b13-11-,16-14-,19-17-. The van der Waals surface area contributed by atoms with Crippen molar-refractivity contribution in [1.82, 2.24) is 0 Å². The third-order valence-electron chi connectivity index (χ3n) is 11.1. The van der Waals surface area contributed by atoms with Gasteiger partial charge in [0.15, 0.2) is 0 Å². The summed E-state index contributed by atoms with van der Waals surface area (Å²) in [5, 5.41) is 30.1. The van der Waals surface area contributed by atoms with Gasteiger partial charge in [-0.1, -0.05) is 172 Å². The van der Waals surface area contributed by atoms with Crippen molar-refractivity contribution in [1.29, 1.82) is 0 Å². The average molecular weight is 1010 g/mol. The van der Waals surface area contributed by atoms with Gasteiger partial charge in [-0.25, -0.2) is 9.13 Å². The number of rotatable bonds is 51. The van der Waals surface area contributed by atoms with Crippen LogP contribution in [0.1, 0.15) is 219 Å². The molecule has 0 rings (SSSR count). The van der Waals surface area contributed by atoms with Crippen molar-refractivity contribution in [3.63, 3.8) is 0 Å². The van der Waals surface area contributed by atoms with E-state index in [0.717, 1.165) is 64.2 Å². The summed E-state index contributed by atoms with van der Waals surface area (Å²) in [6.45, 7) is 0.407. The highest BCUT2D eigenvalue weighted by Crippen LogP contribution is 2.45. The maximum Gasteiger partial charge on any atom is 0.472 e. The summed E-state index contributed by atoms with van der Waals surface area (Å²) in [5.74, 6) is -0.997. The van der Waals surface area contributed by atoms with Crippen molar-refractivity contribution in [3.8, 4) is 0 Å². The van der Waals surface area contributed by atoms with Gasteiger partial charge in [0.2, 0.25) is 0 Å². The van der Waals surface area contributed by atoms with Crippen LogP contribution in [-0.4, -0.2) is 95.0 Å². The van der Waals surface area contributed by atoms with Crippen LogP contribution in [0, 0.1) is 0 Å². The first-order valence-corrected chi connectivity index (χ1v) is 29.3. The molecule has 5 atom stereocenters. The van der Waals surface area contributed by atoms with Crippen LogP contribution < -0.4 is 0 Å². The van der Waals surface area contributed by atoms with Crippen LogP contribution in [0.4, 0.5) is 0 Å². The van der Waals surface area contributed by atoms with Crippen LogP contribution >= 0.6 is 15.6 Å². The Balaban J connectivity index is 3.83. The summed E-state index contributed by atoms with van der Waals surface area (Å²) >= 11 is 0. The van der Waals surface area contributed by atoms with Crippen molar-refractivity contribution in [3.05, 3.63) is 36.5 Å². The maximum atomic E-state index is 12.2. The predicted molar refractivity (Wildman–Crippen MR) is 270 cm³/mol. The van der Waals surface area contributed by atoms with E-state index in [-0.39, 0.29) is 12.8 Å². The van der Waals surface area contributed by atoms with Gasteiger partial charge in [-0.15, -0.1) is 0 Å².